The van der Waals surface area contributed by atoms with E-state index in [0.29, 0.717) is 23.2 Å². The fourth-order valence-corrected chi connectivity index (χ4v) is 2.35. The van der Waals surface area contributed by atoms with Gasteiger partial charge in [-0.15, -0.1) is 0 Å². The molecule has 1 aromatic rings. The number of hydrogen-bond acceptors (Lipinski definition) is 2. The van der Waals surface area contributed by atoms with Crippen molar-refractivity contribution >= 4 is 17.2 Å². The number of benzene rings is 1. The van der Waals surface area contributed by atoms with Gasteiger partial charge in [0.25, 0.3) is 0 Å². The van der Waals surface area contributed by atoms with E-state index in [1.165, 1.54) is 0 Å². The Hall–Kier alpha value is -1.98. The second-order valence-corrected chi connectivity index (χ2v) is 4.96. The number of hydrogen-bond donors (Lipinski definition) is 1. The second kappa shape index (κ2) is 4.85. The first-order valence-electron chi connectivity index (χ1n) is 6.13. The maximum absolute atomic E-state index is 12.5. The van der Waals surface area contributed by atoms with Crippen LogP contribution in [0.4, 0.5) is 18.9 Å². The number of fused-ring (bicyclic) bond motifs is 1. The van der Waals surface area contributed by atoms with Crippen LogP contribution in [-0.4, -0.2) is 23.5 Å². The van der Waals surface area contributed by atoms with E-state index in [1.807, 2.05) is 0 Å². The Morgan fingerprint density at radius 1 is 1.35 bits per heavy atom. The Bertz CT molecular complexity index is 579. The number of carbonyl (C=O) groups is 1. The van der Waals surface area contributed by atoms with Crippen molar-refractivity contribution < 1.29 is 18.0 Å². The lowest BCUT2D eigenvalue weighted by Crippen LogP contribution is -2.43. The van der Waals surface area contributed by atoms with Gasteiger partial charge in [0.15, 0.2) is 0 Å². The van der Waals surface area contributed by atoms with Gasteiger partial charge in [-0.3, -0.25) is 4.79 Å². The molecule has 1 heterocycles. The largest absolute Gasteiger partial charge is 0.471 e. The van der Waals surface area contributed by atoms with Crippen molar-refractivity contribution in [2.24, 2.45) is 0 Å². The van der Waals surface area contributed by atoms with Gasteiger partial charge in [0.1, 0.15) is 0 Å². The number of amides is 1. The van der Waals surface area contributed by atoms with Gasteiger partial charge in [0.05, 0.1) is 0 Å². The van der Waals surface area contributed by atoms with E-state index in [2.05, 4.69) is 6.58 Å². The first-order valence-corrected chi connectivity index (χ1v) is 6.13. The summed E-state index contributed by atoms with van der Waals surface area (Å²) in [6, 6.07) is 3.48. The molecule has 0 unspecified atom stereocenters. The molecule has 2 N–H and O–H groups in total. The zero-order valence-electron chi connectivity index (χ0n) is 11.0. The van der Waals surface area contributed by atoms with Crippen LogP contribution in [0.2, 0.25) is 0 Å². The van der Waals surface area contributed by atoms with Crippen LogP contribution < -0.4 is 5.73 Å². The Kier molecular flexibility index (Phi) is 3.50. The highest BCUT2D eigenvalue weighted by Crippen LogP contribution is 2.30. The molecule has 1 aliphatic heterocycles. The fourth-order valence-electron chi connectivity index (χ4n) is 2.35. The van der Waals surface area contributed by atoms with Crippen LogP contribution >= 0.6 is 0 Å². The molecule has 3 nitrogen and oxygen atoms in total. The maximum Gasteiger partial charge on any atom is 0.471 e. The zero-order valence-corrected chi connectivity index (χ0v) is 11.0. The minimum absolute atomic E-state index is 0.0474. The molecule has 0 bridgehead atoms. The molecule has 0 aromatic heterocycles. The van der Waals surface area contributed by atoms with Crippen molar-refractivity contribution in [3.8, 4) is 0 Å². The normalized spacial score (nSPS) is 14.9. The summed E-state index contributed by atoms with van der Waals surface area (Å²) in [6.45, 7) is 5.57. The van der Waals surface area contributed by atoms with Crippen LogP contribution in [0.1, 0.15) is 23.6 Å². The Balaban J connectivity index is 2.32. The monoisotopic (exact) mass is 284 g/mol. The molecule has 0 fully saturated rings. The van der Waals surface area contributed by atoms with Crippen LogP contribution in [0.3, 0.4) is 0 Å². The molecule has 108 valence electrons. The molecule has 1 aliphatic rings. The first-order chi connectivity index (χ1) is 9.20. The molecule has 1 amide bonds. The van der Waals surface area contributed by atoms with Crippen LogP contribution in [0, 0.1) is 0 Å². The highest BCUT2D eigenvalue weighted by Gasteiger charge is 2.43. The number of carbonyl (C=O) groups excluding carboxylic acids is 1. The van der Waals surface area contributed by atoms with Crippen LogP contribution in [0.25, 0.3) is 5.57 Å². The molecule has 0 saturated carbocycles. The lowest BCUT2D eigenvalue weighted by Gasteiger charge is -2.30. The molecular formula is C14H15F3N2O. The van der Waals surface area contributed by atoms with Gasteiger partial charge in [-0.2, -0.15) is 13.2 Å². The molecule has 0 saturated heterocycles. The van der Waals surface area contributed by atoms with Crippen LogP contribution in [0.15, 0.2) is 18.7 Å². The van der Waals surface area contributed by atoms with Crippen molar-refractivity contribution in [1.82, 2.24) is 4.90 Å². The first kappa shape index (κ1) is 14.4. The minimum Gasteiger partial charge on any atom is -0.398 e. The number of alkyl halides is 3. The smallest absolute Gasteiger partial charge is 0.398 e. The Labute approximate surface area is 114 Å². The fraction of sp³-hybridized carbons (Fsp3) is 0.357. The topological polar surface area (TPSA) is 46.3 Å². The SMILES string of the molecule is C=C(C)c1cc2c(cc1N)CCN(C(=O)C(F)(F)F)C2. The van der Waals surface area contributed by atoms with Crippen molar-refractivity contribution in [3.63, 3.8) is 0 Å². The van der Waals surface area contributed by atoms with E-state index in [9.17, 15) is 18.0 Å². The summed E-state index contributed by atoms with van der Waals surface area (Å²) in [4.78, 5) is 12.1. The molecule has 0 radical (unpaired) electrons. The highest BCUT2D eigenvalue weighted by atomic mass is 19.4. The van der Waals surface area contributed by atoms with Crippen LogP contribution in [-0.2, 0) is 17.8 Å². The average Bonchev–Trinajstić information content (AvgIpc) is 2.35. The van der Waals surface area contributed by atoms with Gasteiger partial charge in [-0.05, 0) is 42.2 Å². The van der Waals surface area contributed by atoms with Crippen molar-refractivity contribution in [1.29, 1.82) is 0 Å². The molecule has 0 spiro atoms. The van der Waals surface area contributed by atoms with Crippen molar-refractivity contribution in [3.05, 3.63) is 35.4 Å². The predicted octanol–water partition coefficient (Wildman–Crippen LogP) is 2.75. The summed E-state index contributed by atoms with van der Waals surface area (Å²) in [6.07, 6.45) is -4.46. The third kappa shape index (κ3) is 2.64. The maximum atomic E-state index is 12.5. The molecule has 0 atom stereocenters. The lowest BCUT2D eigenvalue weighted by atomic mass is 9.94. The summed E-state index contributed by atoms with van der Waals surface area (Å²) < 4.78 is 37.4. The van der Waals surface area contributed by atoms with E-state index >= 15 is 0 Å². The lowest BCUT2D eigenvalue weighted by molar-refractivity contribution is -0.186. The summed E-state index contributed by atoms with van der Waals surface area (Å²) in [5, 5.41) is 0. The van der Waals surface area contributed by atoms with Gasteiger partial charge < -0.3 is 10.6 Å². The third-order valence-corrected chi connectivity index (χ3v) is 3.37. The number of halogens is 3. The summed E-state index contributed by atoms with van der Waals surface area (Å²) >= 11 is 0. The molecule has 6 heteroatoms. The predicted molar refractivity (Wildman–Crippen MR) is 70.7 cm³/mol. The quantitative estimate of drug-likeness (QED) is 0.806. The number of anilines is 1. The van der Waals surface area contributed by atoms with Crippen molar-refractivity contribution in [2.75, 3.05) is 12.3 Å². The van der Waals surface area contributed by atoms with Gasteiger partial charge >= 0.3 is 12.1 Å². The zero-order chi connectivity index (χ0) is 15.1. The summed E-state index contributed by atoms with van der Waals surface area (Å²) in [7, 11) is 0. The summed E-state index contributed by atoms with van der Waals surface area (Å²) in [5.74, 6) is -1.79. The molecule has 0 aliphatic carbocycles. The molecule has 20 heavy (non-hydrogen) atoms. The highest BCUT2D eigenvalue weighted by molar-refractivity contribution is 5.82. The van der Waals surface area contributed by atoms with Gasteiger partial charge in [0, 0.05) is 24.3 Å². The Morgan fingerprint density at radius 2 is 2.00 bits per heavy atom. The van der Waals surface area contributed by atoms with Gasteiger partial charge in [-0.25, -0.2) is 0 Å². The van der Waals surface area contributed by atoms with Crippen molar-refractivity contribution in [2.45, 2.75) is 26.1 Å². The number of allylic oxidation sites excluding steroid dienone is 1. The summed E-state index contributed by atoms with van der Waals surface area (Å²) in [5.41, 5.74) is 9.49. The van der Waals surface area contributed by atoms with Gasteiger partial charge in [-0.1, -0.05) is 6.58 Å². The molecule has 1 aromatic carbocycles. The minimum atomic E-state index is -4.83. The second-order valence-electron chi connectivity index (χ2n) is 4.96. The molecular weight excluding hydrogens is 269 g/mol. The number of rotatable bonds is 1. The molecule has 2 rings (SSSR count). The standard InChI is InChI=1S/C14H15F3N2O/c1-8(2)11-5-10-7-19(13(20)14(15,16)17)4-3-9(10)6-12(11)18/h5-6H,1,3-4,7,18H2,2H3. The van der Waals surface area contributed by atoms with Gasteiger partial charge in [0.2, 0.25) is 0 Å². The van der Waals surface area contributed by atoms with E-state index in [0.717, 1.165) is 16.0 Å². The van der Waals surface area contributed by atoms with E-state index in [4.69, 9.17) is 5.73 Å². The van der Waals surface area contributed by atoms with E-state index in [1.54, 1.807) is 19.1 Å². The van der Waals surface area contributed by atoms with E-state index < -0.39 is 12.1 Å². The number of nitrogens with zero attached hydrogens (tertiary/aromatic N) is 1. The number of nitrogen functional groups attached to an aromatic ring is 1. The van der Waals surface area contributed by atoms with E-state index in [-0.39, 0.29) is 13.1 Å². The van der Waals surface area contributed by atoms with Crippen LogP contribution in [0.5, 0.6) is 0 Å². The Morgan fingerprint density at radius 3 is 2.55 bits per heavy atom. The average molecular weight is 284 g/mol. The number of nitrogens with two attached hydrogens (primary N) is 1. The third-order valence-electron chi connectivity index (χ3n) is 3.37.